The van der Waals surface area contributed by atoms with Crippen molar-refractivity contribution in [1.82, 2.24) is 20.4 Å². The molecule has 0 aromatic carbocycles. The largest absolute Gasteiger partial charge is 0.358 e. The lowest BCUT2D eigenvalue weighted by Crippen LogP contribution is -2.56. The molecule has 2 aliphatic heterocycles. The number of carbonyl (C=O) groups excluding carboxylic acids is 2. The Morgan fingerprint density at radius 1 is 0.929 bits per heavy atom. The minimum Gasteiger partial charge on any atom is -0.358 e. The van der Waals surface area contributed by atoms with Gasteiger partial charge in [0.05, 0.1) is 12.1 Å². The van der Waals surface area contributed by atoms with E-state index in [1.54, 1.807) is 7.05 Å². The van der Waals surface area contributed by atoms with Gasteiger partial charge in [-0.25, -0.2) is 0 Å². The van der Waals surface area contributed by atoms with E-state index in [1.807, 2.05) is 0 Å². The third-order valence-electron chi connectivity index (χ3n) is 6.49. The molecule has 0 bridgehead atoms. The van der Waals surface area contributed by atoms with E-state index in [2.05, 4.69) is 20.4 Å². The van der Waals surface area contributed by atoms with Crippen LogP contribution in [0.25, 0.3) is 0 Å². The van der Waals surface area contributed by atoms with Crippen molar-refractivity contribution in [3.05, 3.63) is 0 Å². The van der Waals surface area contributed by atoms with Crippen molar-refractivity contribution in [3.8, 4) is 0 Å². The van der Waals surface area contributed by atoms with Gasteiger partial charge in [-0.15, -0.1) is 24.8 Å². The van der Waals surface area contributed by atoms with E-state index in [0.29, 0.717) is 5.92 Å². The monoisotopic (exact) mass is 436 g/mol. The van der Waals surface area contributed by atoms with Gasteiger partial charge in [-0.1, -0.05) is 19.3 Å². The summed E-state index contributed by atoms with van der Waals surface area (Å²) < 4.78 is 0. The van der Waals surface area contributed by atoms with Gasteiger partial charge in [-0.05, 0) is 64.1 Å². The van der Waals surface area contributed by atoms with Crippen LogP contribution in [0.15, 0.2) is 0 Å². The van der Waals surface area contributed by atoms with Crippen LogP contribution in [-0.2, 0) is 9.59 Å². The second kappa shape index (κ2) is 12.9. The highest BCUT2D eigenvalue weighted by molar-refractivity contribution is 5.86. The third kappa shape index (κ3) is 6.48. The van der Waals surface area contributed by atoms with E-state index in [-0.39, 0.29) is 48.7 Å². The molecular formula is C20H38Cl2N4O2. The number of amides is 2. The maximum absolute atomic E-state index is 12.8. The lowest BCUT2D eigenvalue weighted by Gasteiger charge is -2.38. The number of likely N-dealkylation sites (N-methyl/N-ethyl adjacent to an activating group) is 1. The Balaban J connectivity index is 0.00000196. The fourth-order valence-electron chi connectivity index (χ4n) is 5.10. The van der Waals surface area contributed by atoms with Gasteiger partial charge in [0.1, 0.15) is 0 Å². The molecule has 164 valence electrons. The maximum atomic E-state index is 12.8. The van der Waals surface area contributed by atoms with Gasteiger partial charge < -0.3 is 15.5 Å². The second-order valence-electron chi connectivity index (χ2n) is 8.19. The molecule has 0 aromatic heterocycles. The molecule has 6 nitrogen and oxygen atoms in total. The topological polar surface area (TPSA) is 64.7 Å². The Morgan fingerprint density at radius 3 is 2.25 bits per heavy atom. The Kier molecular flexibility index (Phi) is 11.7. The van der Waals surface area contributed by atoms with Crippen LogP contribution >= 0.6 is 24.8 Å². The Morgan fingerprint density at radius 2 is 1.61 bits per heavy atom. The van der Waals surface area contributed by atoms with Gasteiger partial charge >= 0.3 is 0 Å². The molecule has 3 rings (SSSR count). The number of nitrogens with zero attached hydrogens (tertiary/aromatic N) is 2. The molecule has 0 unspecified atom stereocenters. The van der Waals surface area contributed by atoms with Crippen molar-refractivity contribution in [2.45, 2.75) is 69.9 Å². The van der Waals surface area contributed by atoms with E-state index in [4.69, 9.17) is 0 Å². The summed E-state index contributed by atoms with van der Waals surface area (Å²) in [4.78, 5) is 30.1. The van der Waals surface area contributed by atoms with E-state index >= 15 is 0 Å². The highest BCUT2D eigenvalue weighted by Gasteiger charge is 2.42. The Hall–Kier alpha value is -0.560. The molecule has 2 atom stereocenters. The molecule has 2 N–H and O–H groups in total. The summed E-state index contributed by atoms with van der Waals surface area (Å²) in [5.41, 5.74) is 0. The molecular weight excluding hydrogens is 399 g/mol. The van der Waals surface area contributed by atoms with Gasteiger partial charge in [0.2, 0.25) is 11.8 Å². The van der Waals surface area contributed by atoms with Crippen LogP contribution in [0, 0.1) is 5.92 Å². The molecule has 3 fully saturated rings. The molecule has 0 aromatic rings. The van der Waals surface area contributed by atoms with Gasteiger partial charge in [0.15, 0.2) is 0 Å². The van der Waals surface area contributed by atoms with Crippen molar-refractivity contribution in [1.29, 1.82) is 0 Å². The van der Waals surface area contributed by atoms with Crippen molar-refractivity contribution in [2.24, 2.45) is 5.92 Å². The van der Waals surface area contributed by atoms with Crippen LogP contribution in [0.3, 0.4) is 0 Å². The van der Waals surface area contributed by atoms with Crippen LogP contribution in [-0.4, -0.2) is 73.5 Å². The summed E-state index contributed by atoms with van der Waals surface area (Å²) in [5.74, 6) is 0.599. The fourth-order valence-corrected chi connectivity index (χ4v) is 5.10. The molecule has 0 radical (unpaired) electrons. The number of hydrogen-bond donors (Lipinski definition) is 2. The Labute approximate surface area is 182 Å². The average molecular weight is 437 g/mol. The summed E-state index contributed by atoms with van der Waals surface area (Å²) in [6.07, 6.45) is 10.3. The summed E-state index contributed by atoms with van der Waals surface area (Å²) in [7, 11) is 1.72. The predicted octanol–water partition coefficient (Wildman–Crippen LogP) is 2.20. The average Bonchev–Trinajstić information content (AvgIpc) is 3.35. The minimum atomic E-state index is -0.142. The molecule has 2 amide bonds. The quantitative estimate of drug-likeness (QED) is 0.641. The van der Waals surface area contributed by atoms with Gasteiger partial charge in [0.25, 0.3) is 0 Å². The molecule has 2 heterocycles. The molecule has 8 heteroatoms. The lowest BCUT2D eigenvalue weighted by molar-refractivity contribution is -0.133. The predicted molar refractivity (Wildman–Crippen MR) is 117 cm³/mol. The fraction of sp³-hybridized carbons (Fsp3) is 0.900. The van der Waals surface area contributed by atoms with Crippen LogP contribution < -0.4 is 10.6 Å². The third-order valence-corrected chi connectivity index (χ3v) is 6.49. The zero-order chi connectivity index (χ0) is 18.4. The van der Waals surface area contributed by atoms with Crippen molar-refractivity contribution in [2.75, 3.05) is 39.8 Å². The zero-order valence-corrected chi connectivity index (χ0v) is 18.8. The smallest absolute Gasteiger partial charge is 0.237 e. The van der Waals surface area contributed by atoms with Gasteiger partial charge in [-0.2, -0.15) is 0 Å². The van der Waals surface area contributed by atoms with Crippen LogP contribution in [0.1, 0.15) is 57.8 Å². The summed E-state index contributed by atoms with van der Waals surface area (Å²) in [6, 6.07) is -0.282. The van der Waals surface area contributed by atoms with Crippen molar-refractivity contribution >= 4 is 36.6 Å². The first-order valence-electron chi connectivity index (χ1n) is 10.7. The Bertz CT molecular complexity index is 483. The van der Waals surface area contributed by atoms with Crippen LogP contribution in [0.4, 0.5) is 0 Å². The highest BCUT2D eigenvalue weighted by atomic mass is 35.5. The van der Waals surface area contributed by atoms with E-state index in [1.165, 1.54) is 32.1 Å². The van der Waals surface area contributed by atoms with Crippen LogP contribution in [0.5, 0.6) is 0 Å². The minimum absolute atomic E-state index is 0. The number of carbonyl (C=O) groups is 2. The number of likely N-dealkylation sites (tertiary alicyclic amines) is 2. The normalized spacial score (nSPS) is 24.8. The second-order valence-corrected chi connectivity index (χ2v) is 8.19. The number of hydrogen-bond acceptors (Lipinski definition) is 4. The summed E-state index contributed by atoms with van der Waals surface area (Å²) >= 11 is 0. The van der Waals surface area contributed by atoms with Gasteiger partial charge in [0, 0.05) is 20.1 Å². The summed E-state index contributed by atoms with van der Waals surface area (Å²) in [5, 5.41) is 6.00. The molecule has 1 aliphatic carbocycles. The first kappa shape index (κ1) is 25.5. The highest BCUT2D eigenvalue weighted by Crippen LogP contribution is 2.33. The zero-order valence-electron chi connectivity index (χ0n) is 17.2. The number of rotatable bonds is 7. The lowest BCUT2D eigenvalue weighted by atomic mass is 9.82. The molecule has 2 saturated heterocycles. The molecule has 28 heavy (non-hydrogen) atoms. The summed E-state index contributed by atoms with van der Waals surface area (Å²) in [6.45, 7) is 4.84. The first-order valence-corrected chi connectivity index (χ1v) is 10.7. The van der Waals surface area contributed by atoms with E-state index in [9.17, 15) is 9.59 Å². The molecule has 0 spiro atoms. The van der Waals surface area contributed by atoms with Crippen LogP contribution in [0.2, 0.25) is 0 Å². The maximum Gasteiger partial charge on any atom is 0.237 e. The van der Waals surface area contributed by atoms with Gasteiger partial charge in [-0.3, -0.25) is 14.5 Å². The van der Waals surface area contributed by atoms with E-state index in [0.717, 1.165) is 58.4 Å². The molecule has 3 aliphatic rings. The number of nitrogens with one attached hydrogen (secondary N) is 2. The van der Waals surface area contributed by atoms with Crippen molar-refractivity contribution < 1.29 is 9.59 Å². The number of halogens is 2. The standard InChI is InChI=1S/C20H36N4O2.2ClH/c1-21-20(26)18(16-8-3-2-4-9-16)24-14-7-10-17(24)19(25)22-11-15-23-12-5-6-13-23;;/h16-18H,2-15H2,1H3,(H,21,26)(H,22,25);2*1H/t17-,18+;;/m0../s1. The SMILES string of the molecule is CNC(=O)[C@@H](C1CCCCC1)N1CCC[C@H]1C(=O)NCCN1CCCC1.Cl.Cl. The molecule has 1 saturated carbocycles. The van der Waals surface area contributed by atoms with E-state index < -0.39 is 0 Å². The first-order chi connectivity index (χ1) is 12.7. The van der Waals surface area contributed by atoms with Crippen molar-refractivity contribution in [3.63, 3.8) is 0 Å².